The fourth-order valence-electron chi connectivity index (χ4n) is 6.22. The average Bonchev–Trinajstić information content (AvgIpc) is 3.45. The van der Waals surface area contributed by atoms with Gasteiger partial charge in [0.1, 0.15) is 23.8 Å². The van der Waals surface area contributed by atoms with Crippen LogP contribution in [0.1, 0.15) is 65.6 Å². The number of carboxylic acids is 1. The molecule has 0 unspecified atom stereocenters. The smallest absolute Gasteiger partial charge is 0.410 e. The molecule has 1 aliphatic heterocycles. The van der Waals surface area contributed by atoms with E-state index in [0.29, 0.717) is 61.7 Å². The Bertz CT molecular complexity index is 2150. The largest absolute Gasteiger partial charge is 0.478 e. The van der Waals surface area contributed by atoms with E-state index in [2.05, 4.69) is 18.2 Å². The lowest BCUT2D eigenvalue weighted by Gasteiger charge is -2.30. The van der Waals surface area contributed by atoms with Gasteiger partial charge in [-0.05, 0) is 92.8 Å². The fraction of sp³-hybridized carbons (Fsp3) is 0.317. The van der Waals surface area contributed by atoms with Crippen LogP contribution in [0.5, 0.6) is 5.88 Å². The molecule has 5 aromatic rings. The van der Waals surface area contributed by atoms with Gasteiger partial charge in [-0.1, -0.05) is 36.4 Å². The molecule has 1 N–H and O–H groups in total. The van der Waals surface area contributed by atoms with Gasteiger partial charge in [0, 0.05) is 50.4 Å². The number of benzene rings is 3. The number of ether oxygens (including phenoxy) is 3. The molecule has 0 atom stereocenters. The molecule has 0 saturated carbocycles. The number of fused-ring (bicyclic) bond motifs is 1. The quantitative estimate of drug-likeness (QED) is 0.147. The van der Waals surface area contributed by atoms with Crippen molar-refractivity contribution in [2.24, 2.45) is 0 Å². The van der Waals surface area contributed by atoms with E-state index in [-0.39, 0.29) is 24.1 Å². The third kappa shape index (κ3) is 8.48. The lowest BCUT2D eigenvalue weighted by Crippen LogP contribution is -2.39. The Morgan fingerprint density at radius 2 is 1.79 bits per heavy atom. The molecule has 0 saturated heterocycles. The minimum Gasteiger partial charge on any atom is -0.478 e. The molecule has 10 nitrogen and oxygen atoms in total. The van der Waals surface area contributed by atoms with Gasteiger partial charge in [-0.15, -0.1) is 0 Å². The zero-order valence-electron chi connectivity index (χ0n) is 30.1. The number of aromatic carboxylic acids is 1. The highest BCUT2D eigenvalue weighted by molar-refractivity contribution is 5.92. The molecule has 0 aliphatic carbocycles. The van der Waals surface area contributed by atoms with Gasteiger partial charge in [0.15, 0.2) is 0 Å². The molecule has 11 heteroatoms. The van der Waals surface area contributed by atoms with Gasteiger partial charge in [-0.2, -0.15) is 0 Å². The van der Waals surface area contributed by atoms with Crippen LogP contribution in [0.2, 0.25) is 0 Å². The number of aryl methyl sites for hydroxylation is 1. The first-order valence-corrected chi connectivity index (χ1v) is 17.3. The molecular weight excluding hydrogens is 663 g/mol. The first-order valence-electron chi connectivity index (χ1n) is 17.3. The molecule has 3 aromatic carbocycles. The number of imidazole rings is 1. The van der Waals surface area contributed by atoms with E-state index in [1.54, 1.807) is 42.3 Å². The molecule has 2 aromatic heterocycles. The van der Waals surface area contributed by atoms with Crippen LogP contribution < -0.4 is 4.74 Å². The molecule has 270 valence electrons. The molecular formula is C41H43FN4O6. The van der Waals surface area contributed by atoms with Crippen LogP contribution in [0.15, 0.2) is 78.9 Å². The van der Waals surface area contributed by atoms with Crippen LogP contribution in [0.25, 0.3) is 27.9 Å². The number of halogens is 1. The topological polar surface area (TPSA) is 116 Å². The van der Waals surface area contributed by atoms with Crippen LogP contribution in [-0.2, 0) is 29.0 Å². The van der Waals surface area contributed by atoms with Crippen molar-refractivity contribution in [3.8, 4) is 17.1 Å². The number of hydrogen-bond acceptors (Lipinski definition) is 7. The van der Waals surface area contributed by atoms with Crippen molar-refractivity contribution in [1.29, 1.82) is 0 Å². The number of rotatable bonds is 11. The highest BCUT2D eigenvalue weighted by Crippen LogP contribution is 2.33. The molecule has 0 radical (unpaired) electrons. The Morgan fingerprint density at radius 3 is 2.50 bits per heavy atom. The van der Waals surface area contributed by atoms with Crippen LogP contribution in [-0.4, -0.2) is 69.0 Å². The molecule has 0 bridgehead atoms. The number of methoxy groups -OCH3 is 1. The lowest BCUT2D eigenvalue weighted by molar-refractivity contribution is 0.0270. The summed E-state index contributed by atoms with van der Waals surface area (Å²) in [5.74, 6) is -0.177. The number of nitrogens with zero attached hydrogens (tertiary/aromatic N) is 4. The van der Waals surface area contributed by atoms with Crippen molar-refractivity contribution in [2.75, 3.05) is 26.8 Å². The molecule has 1 aliphatic rings. The first-order chi connectivity index (χ1) is 24.9. The fourth-order valence-corrected chi connectivity index (χ4v) is 6.22. The zero-order valence-corrected chi connectivity index (χ0v) is 30.1. The van der Waals surface area contributed by atoms with Gasteiger partial charge >= 0.3 is 12.1 Å². The predicted octanol–water partition coefficient (Wildman–Crippen LogP) is 8.08. The number of aromatic nitrogens is 3. The molecule has 3 heterocycles. The standard InChI is InChI=1S/C41H43FN4O6/c1-26-9-10-31(33(42)21-26)25-51-38-8-6-7-34(44-38)29-12-11-28(32(22-29)27-15-17-45(18-16-27)40(49)52-41(2,3)4)24-37-43-35-14-13-30(39(47)48)23-36(35)46(37)19-20-50-5/h6-15,21-23H,16-20,24-25H2,1-5H3,(H,47,48). The Labute approximate surface area is 302 Å². The van der Waals surface area contributed by atoms with E-state index in [9.17, 15) is 19.1 Å². The number of carbonyl (C=O) groups is 2. The number of amides is 1. The molecule has 0 spiro atoms. The van der Waals surface area contributed by atoms with Gasteiger partial charge in [-0.25, -0.2) is 23.9 Å². The lowest BCUT2D eigenvalue weighted by atomic mass is 9.91. The number of hydrogen-bond donors (Lipinski definition) is 1. The van der Waals surface area contributed by atoms with Crippen LogP contribution in [0, 0.1) is 12.7 Å². The predicted molar refractivity (Wildman–Crippen MR) is 197 cm³/mol. The minimum atomic E-state index is -1.00. The number of carboxylic acid groups (broad SMARTS) is 1. The van der Waals surface area contributed by atoms with E-state index < -0.39 is 11.6 Å². The molecule has 6 rings (SSSR count). The Hall–Kier alpha value is -5.55. The summed E-state index contributed by atoms with van der Waals surface area (Å²) in [6, 6.07) is 21.7. The summed E-state index contributed by atoms with van der Waals surface area (Å²) in [4.78, 5) is 36.1. The highest BCUT2D eigenvalue weighted by Gasteiger charge is 2.25. The average molecular weight is 707 g/mol. The van der Waals surface area contributed by atoms with Crippen molar-refractivity contribution in [2.45, 2.75) is 59.3 Å². The summed E-state index contributed by atoms with van der Waals surface area (Å²) in [5.41, 5.74) is 6.93. The van der Waals surface area contributed by atoms with Crippen LogP contribution >= 0.6 is 0 Å². The number of carbonyl (C=O) groups excluding carboxylic acids is 1. The zero-order chi connectivity index (χ0) is 37.0. The van der Waals surface area contributed by atoms with Crippen molar-refractivity contribution < 1.29 is 33.3 Å². The van der Waals surface area contributed by atoms with Gasteiger partial charge in [0.25, 0.3) is 0 Å². The SMILES string of the molecule is COCCn1c(Cc2ccc(-c3cccc(OCc4ccc(C)cc4F)n3)cc2C2=CCN(C(=O)OC(C)(C)C)CC2)nc2ccc(C(=O)O)cc21. The van der Waals surface area contributed by atoms with E-state index in [1.165, 1.54) is 6.07 Å². The Kier molecular flexibility index (Phi) is 10.7. The summed E-state index contributed by atoms with van der Waals surface area (Å²) < 4.78 is 33.4. The van der Waals surface area contributed by atoms with E-state index in [0.717, 1.165) is 39.2 Å². The van der Waals surface area contributed by atoms with E-state index in [4.69, 9.17) is 24.2 Å². The normalized spacial score (nSPS) is 13.3. The maximum absolute atomic E-state index is 14.5. The van der Waals surface area contributed by atoms with Gasteiger partial charge < -0.3 is 28.8 Å². The van der Waals surface area contributed by atoms with Crippen molar-refractivity contribution >= 4 is 28.7 Å². The summed E-state index contributed by atoms with van der Waals surface area (Å²) in [6.07, 6.45) is 2.78. The maximum atomic E-state index is 14.5. The molecule has 52 heavy (non-hydrogen) atoms. The minimum absolute atomic E-state index is 0.0474. The monoisotopic (exact) mass is 706 g/mol. The summed E-state index contributed by atoms with van der Waals surface area (Å²) in [7, 11) is 1.63. The van der Waals surface area contributed by atoms with Crippen LogP contribution in [0.3, 0.4) is 0 Å². The van der Waals surface area contributed by atoms with Crippen molar-refractivity contribution in [3.63, 3.8) is 0 Å². The van der Waals surface area contributed by atoms with Crippen molar-refractivity contribution in [3.05, 3.63) is 118 Å². The van der Waals surface area contributed by atoms with Crippen molar-refractivity contribution in [1.82, 2.24) is 19.4 Å². The summed E-state index contributed by atoms with van der Waals surface area (Å²) in [6.45, 7) is 9.26. The second kappa shape index (κ2) is 15.4. The summed E-state index contributed by atoms with van der Waals surface area (Å²) in [5, 5.41) is 9.66. The van der Waals surface area contributed by atoms with Crippen LogP contribution in [0.4, 0.5) is 9.18 Å². The Morgan fingerprint density at radius 1 is 0.981 bits per heavy atom. The van der Waals surface area contributed by atoms with Gasteiger partial charge in [0.05, 0.1) is 28.9 Å². The second-order valence-electron chi connectivity index (χ2n) is 13.9. The summed E-state index contributed by atoms with van der Waals surface area (Å²) >= 11 is 0. The van der Waals surface area contributed by atoms with E-state index >= 15 is 0 Å². The third-order valence-electron chi connectivity index (χ3n) is 8.86. The third-order valence-corrected chi connectivity index (χ3v) is 8.86. The molecule has 1 amide bonds. The molecule has 0 fully saturated rings. The first kappa shape index (κ1) is 36.2. The highest BCUT2D eigenvalue weighted by atomic mass is 19.1. The second-order valence-corrected chi connectivity index (χ2v) is 13.9. The van der Waals surface area contributed by atoms with Gasteiger partial charge in [0.2, 0.25) is 5.88 Å². The van der Waals surface area contributed by atoms with Gasteiger partial charge in [-0.3, -0.25) is 0 Å². The maximum Gasteiger partial charge on any atom is 0.410 e. The Balaban J connectivity index is 1.35. The van der Waals surface area contributed by atoms with E-state index in [1.807, 2.05) is 56.5 Å². The number of pyridine rings is 1.